The summed E-state index contributed by atoms with van der Waals surface area (Å²) in [4.78, 5) is 20.5. The average Bonchev–Trinajstić information content (AvgIpc) is 3.23. The third-order valence-electron chi connectivity index (χ3n) is 5.46. The van der Waals surface area contributed by atoms with Crippen LogP contribution in [0.1, 0.15) is 24.1 Å². The zero-order chi connectivity index (χ0) is 22.1. The largest absolute Gasteiger partial charge is 0.322 e. The zero-order valence-electron chi connectivity index (χ0n) is 17.3. The van der Waals surface area contributed by atoms with E-state index in [0.717, 1.165) is 33.4 Å². The van der Waals surface area contributed by atoms with Gasteiger partial charge in [0.25, 0.3) is 5.91 Å². The molecule has 1 amide bonds. The summed E-state index contributed by atoms with van der Waals surface area (Å²) in [5.41, 5.74) is 5.15. The molecule has 2 heterocycles. The van der Waals surface area contributed by atoms with Crippen molar-refractivity contribution in [2.75, 3.05) is 5.32 Å². The highest BCUT2D eigenvalue weighted by Crippen LogP contribution is 2.46. The number of halogens is 1. The minimum absolute atomic E-state index is 0.155. The Labute approximate surface area is 196 Å². The number of para-hydroxylation sites is 1. The Bertz CT molecular complexity index is 1250. The van der Waals surface area contributed by atoms with Crippen molar-refractivity contribution in [2.45, 2.75) is 13.0 Å². The number of anilines is 1. The summed E-state index contributed by atoms with van der Waals surface area (Å²) < 4.78 is 0. The predicted molar refractivity (Wildman–Crippen MR) is 133 cm³/mol. The van der Waals surface area contributed by atoms with Gasteiger partial charge in [0.15, 0.2) is 5.17 Å². The lowest BCUT2D eigenvalue weighted by Gasteiger charge is -2.36. The number of amides is 1. The van der Waals surface area contributed by atoms with Crippen molar-refractivity contribution < 1.29 is 4.79 Å². The van der Waals surface area contributed by atoms with Gasteiger partial charge in [0.1, 0.15) is 0 Å². The molecule has 0 unspecified atom stereocenters. The summed E-state index contributed by atoms with van der Waals surface area (Å²) in [5.74, 6) is -0.155. The number of allylic oxidation sites excluding steroid dienone is 1. The molecule has 5 rings (SSSR count). The first-order valence-electron chi connectivity index (χ1n) is 10.2. The van der Waals surface area contributed by atoms with E-state index in [0.29, 0.717) is 10.6 Å². The summed E-state index contributed by atoms with van der Waals surface area (Å²) >= 11 is 7.69. The minimum Gasteiger partial charge on any atom is -0.322 e. The number of rotatable bonds is 4. The predicted octanol–water partition coefficient (Wildman–Crippen LogP) is 6.71. The highest BCUT2D eigenvalue weighted by atomic mass is 35.5. The molecular weight excluding hydrogens is 438 g/mol. The van der Waals surface area contributed by atoms with Gasteiger partial charge in [-0.2, -0.15) is 0 Å². The van der Waals surface area contributed by atoms with Gasteiger partial charge in [0, 0.05) is 16.1 Å². The number of hydrogen-bond donors (Lipinski definition) is 1. The molecule has 2 aliphatic heterocycles. The summed E-state index contributed by atoms with van der Waals surface area (Å²) in [5, 5.41) is 6.68. The van der Waals surface area contributed by atoms with Crippen LogP contribution in [0.4, 0.5) is 5.69 Å². The molecule has 0 fully saturated rings. The summed E-state index contributed by atoms with van der Waals surface area (Å²) in [6.45, 7) is 1.90. The number of amidine groups is 1. The Morgan fingerprint density at radius 3 is 2.31 bits per heavy atom. The van der Waals surface area contributed by atoms with Crippen LogP contribution in [0.3, 0.4) is 0 Å². The summed E-state index contributed by atoms with van der Waals surface area (Å²) in [6, 6.07) is 27.0. The molecule has 3 aromatic carbocycles. The van der Waals surface area contributed by atoms with Crippen molar-refractivity contribution in [3.8, 4) is 0 Å². The Kier molecular flexibility index (Phi) is 5.60. The van der Waals surface area contributed by atoms with Crippen LogP contribution in [0.25, 0.3) is 5.70 Å². The van der Waals surface area contributed by atoms with Gasteiger partial charge in [-0.05, 0) is 42.3 Å². The lowest BCUT2D eigenvalue weighted by Crippen LogP contribution is -2.37. The lowest BCUT2D eigenvalue weighted by molar-refractivity contribution is -0.113. The van der Waals surface area contributed by atoms with E-state index in [1.165, 1.54) is 0 Å². The Morgan fingerprint density at radius 1 is 0.969 bits per heavy atom. The molecule has 6 heteroatoms. The van der Waals surface area contributed by atoms with Gasteiger partial charge >= 0.3 is 0 Å². The van der Waals surface area contributed by atoms with E-state index in [2.05, 4.69) is 27.8 Å². The van der Waals surface area contributed by atoms with Crippen molar-refractivity contribution >= 4 is 45.8 Å². The second-order valence-electron chi connectivity index (χ2n) is 7.52. The van der Waals surface area contributed by atoms with E-state index in [9.17, 15) is 4.79 Å². The number of fused-ring (bicyclic) bond motifs is 1. The summed E-state index contributed by atoms with van der Waals surface area (Å²) in [6.07, 6.45) is 0. The van der Waals surface area contributed by atoms with Crippen molar-refractivity contribution in [1.82, 2.24) is 4.90 Å². The number of carbonyl (C=O) groups is 1. The molecule has 0 saturated carbocycles. The Hall–Kier alpha value is -3.28. The fourth-order valence-electron chi connectivity index (χ4n) is 3.97. The third kappa shape index (κ3) is 3.85. The van der Waals surface area contributed by atoms with Gasteiger partial charge in [-0.3, -0.25) is 4.79 Å². The number of hydrogen-bond acceptors (Lipinski definition) is 4. The minimum atomic E-state index is -0.302. The van der Waals surface area contributed by atoms with E-state index in [4.69, 9.17) is 16.6 Å². The SMILES string of the molecule is CC1=C(C(=O)Nc2ccccc2)[C@@H](c2ccccc2)N2C(c3ccc(Cl)cc3)=CSC2=N1. The van der Waals surface area contributed by atoms with Crippen LogP contribution < -0.4 is 5.32 Å². The number of carbonyl (C=O) groups excluding carboxylic acids is 1. The van der Waals surface area contributed by atoms with Gasteiger partial charge in [-0.25, -0.2) is 4.99 Å². The van der Waals surface area contributed by atoms with Crippen molar-refractivity contribution in [2.24, 2.45) is 4.99 Å². The van der Waals surface area contributed by atoms with Gasteiger partial charge in [0.05, 0.1) is 23.0 Å². The van der Waals surface area contributed by atoms with E-state index >= 15 is 0 Å². The van der Waals surface area contributed by atoms with Crippen molar-refractivity contribution in [3.63, 3.8) is 0 Å². The maximum atomic E-state index is 13.5. The molecule has 158 valence electrons. The molecule has 4 nitrogen and oxygen atoms in total. The highest BCUT2D eigenvalue weighted by Gasteiger charge is 2.40. The second-order valence-corrected chi connectivity index (χ2v) is 8.80. The maximum absolute atomic E-state index is 13.5. The van der Waals surface area contributed by atoms with Crippen molar-refractivity contribution in [3.05, 3.63) is 118 Å². The number of thioether (sulfide) groups is 1. The van der Waals surface area contributed by atoms with Gasteiger partial charge in [0.2, 0.25) is 0 Å². The van der Waals surface area contributed by atoms with Crippen LogP contribution in [0.5, 0.6) is 0 Å². The molecule has 1 atom stereocenters. The van der Waals surface area contributed by atoms with Crippen LogP contribution in [0.15, 0.2) is 107 Å². The number of nitrogens with zero attached hydrogens (tertiary/aromatic N) is 2. The summed E-state index contributed by atoms with van der Waals surface area (Å²) in [7, 11) is 0. The van der Waals surface area contributed by atoms with E-state index < -0.39 is 0 Å². The smallest absolute Gasteiger partial charge is 0.255 e. The molecule has 0 saturated heterocycles. The quantitative estimate of drug-likeness (QED) is 0.473. The van der Waals surface area contributed by atoms with Crippen LogP contribution in [-0.2, 0) is 4.79 Å². The second kappa shape index (κ2) is 8.69. The topological polar surface area (TPSA) is 44.7 Å². The average molecular weight is 458 g/mol. The molecule has 0 aromatic heterocycles. The molecule has 1 N–H and O–H groups in total. The van der Waals surface area contributed by atoms with Crippen molar-refractivity contribution in [1.29, 1.82) is 0 Å². The van der Waals surface area contributed by atoms with Gasteiger partial charge in [-0.1, -0.05) is 84.0 Å². The van der Waals surface area contributed by atoms with Crippen LogP contribution in [0, 0.1) is 0 Å². The Morgan fingerprint density at radius 2 is 1.62 bits per heavy atom. The zero-order valence-corrected chi connectivity index (χ0v) is 18.9. The van der Waals surface area contributed by atoms with E-state index in [1.807, 2.05) is 79.7 Å². The van der Waals surface area contributed by atoms with Gasteiger partial charge in [-0.15, -0.1) is 0 Å². The molecule has 0 radical (unpaired) electrons. The Balaban J connectivity index is 1.60. The third-order valence-corrected chi connectivity index (χ3v) is 6.55. The first-order valence-corrected chi connectivity index (χ1v) is 11.5. The number of aliphatic imine (C=N–C) groups is 1. The number of nitrogens with one attached hydrogen (secondary N) is 1. The molecular formula is C26H20ClN3OS. The lowest BCUT2D eigenvalue weighted by atomic mass is 9.92. The van der Waals surface area contributed by atoms with Crippen LogP contribution >= 0.6 is 23.4 Å². The molecule has 0 aliphatic carbocycles. The van der Waals surface area contributed by atoms with E-state index in [1.54, 1.807) is 11.8 Å². The maximum Gasteiger partial charge on any atom is 0.255 e. The van der Waals surface area contributed by atoms with Crippen LogP contribution in [0.2, 0.25) is 5.02 Å². The number of benzene rings is 3. The molecule has 0 spiro atoms. The molecule has 0 bridgehead atoms. The van der Waals surface area contributed by atoms with Gasteiger partial charge < -0.3 is 10.2 Å². The fraction of sp³-hybridized carbons (Fsp3) is 0.0769. The van der Waals surface area contributed by atoms with Crippen LogP contribution in [-0.4, -0.2) is 16.0 Å². The highest BCUT2D eigenvalue weighted by molar-refractivity contribution is 8.16. The fourth-order valence-corrected chi connectivity index (χ4v) is 5.07. The first-order chi connectivity index (χ1) is 15.6. The normalized spacial score (nSPS) is 17.6. The van der Waals surface area contributed by atoms with E-state index in [-0.39, 0.29) is 11.9 Å². The molecule has 2 aliphatic rings. The monoisotopic (exact) mass is 457 g/mol. The molecule has 32 heavy (non-hydrogen) atoms. The molecule has 3 aromatic rings. The standard InChI is InChI=1S/C26H20ClN3OS/c1-17-23(25(31)29-21-10-6-3-7-11-21)24(19-8-4-2-5-9-19)30-22(16-32-26(30)28-17)18-12-14-20(27)15-13-18/h2-16,24H,1H3,(H,29,31)/t24-/m1/s1. The first kappa shape index (κ1) is 20.6.